The van der Waals surface area contributed by atoms with E-state index in [1.807, 2.05) is 26.0 Å². The topological polar surface area (TPSA) is 0 Å². The van der Waals surface area contributed by atoms with Gasteiger partial charge in [0.15, 0.2) is 0 Å². The van der Waals surface area contributed by atoms with Gasteiger partial charge in [0.25, 0.3) is 0 Å². The number of halogens is 4. The molecule has 0 aliphatic heterocycles. The summed E-state index contributed by atoms with van der Waals surface area (Å²) in [6.45, 7) is 18.7. The Morgan fingerprint density at radius 2 is 0.500 bits per heavy atom. The van der Waals surface area contributed by atoms with Gasteiger partial charge in [0, 0.05) is 5.56 Å². The van der Waals surface area contributed by atoms with Crippen molar-refractivity contribution in [1.29, 1.82) is 0 Å². The van der Waals surface area contributed by atoms with Gasteiger partial charge in [-0.25, -0.2) is 17.6 Å². The second-order valence-corrected chi connectivity index (χ2v) is 11.2. The third-order valence-electron chi connectivity index (χ3n) is 6.52. The van der Waals surface area contributed by atoms with Gasteiger partial charge in [-0.05, 0) is 121 Å². The predicted molar refractivity (Wildman–Crippen MR) is 179 cm³/mol. The molecule has 0 radical (unpaired) electrons. The first kappa shape index (κ1) is 37.8. The fourth-order valence-corrected chi connectivity index (χ4v) is 3.44. The molecule has 234 valence electrons. The van der Waals surface area contributed by atoms with Crippen molar-refractivity contribution in [2.45, 2.75) is 69.2 Å². The number of rotatable bonds is 0. The lowest BCUT2D eigenvalue weighted by molar-refractivity contribution is 0.566. The molecule has 0 N–H and O–H groups in total. The number of benzene rings is 5. The minimum Gasteiger partial charge on any atom is -0.207 e. The third-order valence-corrected chi connectivity index (χ3v) is 6.52. The fraction of sp³-hybridized carbons (Fsp3) is 0.250. The first-order chi connectivity index (χ1) is 20.6. The zero-order valence-electron chi connectivity index (χ0n) is 27.7. The van der Waals surface area contributed by atoms with E-state index < -0.39 is 11.6 Å². The highest BCUT2D eigenvalue weighted by molar-refractivity contribution is 5.25. The van der Waals surface area contributed by atoms with Gasteiger partial charge in [0.05, 0.1) is 0 Å². The molecule has 0 aliphatic carbocycles. The molecule has 0 saturated carbocycles. The van der Waals surface area contributed by atoms with E-state index in [0.717, 1.165) is 11.1 Å². The van der Waals surface area contributed by atoms with Crippen molar-refractivity contribution in [3.8, 4) is 0 Å². The summed E-state index contributed by atoms with van der Waals surface area (Å²) in [6, 6.07) is 30.0. The summed E-state index contributed by atoms with van der Waals surface area (Å²) in [5.41, 5.74) is 9.38. The van der Waals surface area contributed by atoms with Crippen LogP contribution >= 0.6 is 0 Å². The Morgan fingerprint density at radius 3 is 0.727 bits per heavy atom. The van der Waals surface area contributed by atoms with Crippen LogP contribution in [0.15, 0.2) is 97.1 Å². The quantitative estimate of drug-likeness (QED) is 0.155. The lowest BCUT2D eigenvalue weighted by atomic mass is 10.1. The Bertz CT molecular complexity index is 1410. The predicted octanol–water partition coefficient (Wildman–Crippen LogP) is 12.1. The van der Waals surface area contributed by atoms with Gasteiger partial charge < -0.3 is 0 Å². The Labute approximate surface area is 262 Å². The lowest BCUT2D eigenvalue weighted by Gasteiger charge is -1.98. The summed E-state index contributed by atoms with van der Waals surface area (Å²) >= 11 is 0. The molecule has 5 aromatic carbocycles. The molecule has 0 fully saturated rings. The van der Waals surface area contributed by atoms with Crippen molar-refractivity contribution in [3.63, 3.8) is 0 Å². The van der Waals surface area contributed by atoms with Crippen molar-refractivity contribution in [2.24, 2.45) is 0 Å². The number of aryl methyl sites for hydroxylation is 9. The minimum absolute atomic E-state index is 0.0885. The largest absolute Gasteiger partial charge is 0.207 e. The Hall–Kier alpha value is -4.18. The summed E-state index contributed by atoms with van der Waals surface area (Å²) in [7, 11) is 0. The Balaban J connectivity index is 0.000000276. The van der Waals surface area contributed by atoms with Crippen LogP contribution in [0.1, 0.15) is 55.6 Å². The molecular formula is C40H46F4. The minimum atomic E-state index is -0.475. The summed E-state index contributed by atoms with van der Waals surface area (Å²) < 4.78 is 50.4. The second-order valence-electron chi connectivity index (χ2n) is 11.2. The van der Waals surface area contributed by atoms with Gasteiger partial charge in [-0.15, -0.1) is 0 Å². The third kappa shape index (κ3) is 15.3. The van der Waals surface area contributed by atoms with Gasteiger partial charge in [0.1, 0.15) is 23.3 Å². The van der Waals surface area contributed by atoms with E-state index in [0.29, 0.717) is 16.7 Å². The van der Waals surface area contributed by atoms with Crippen molar-refractivity contribution >= 4 is 0 Å². The van der Waals surface area contributed by atoms with E-state index in [2.05, 4.69) is 76.2 Å². The summed E-state index contributed by atoms with van der Waals surface area (Å²) in [4.78, 5) is 0. The van der Waals surface area contributed by atoms with Crippen LogP contribution in [-0.2, 0) is 0 Å². The van der Waals surface area contributed by atoms with Crippen molar-refractivity contribution in [3.05, 3.63) is 176 Å². The molecule has 0 aromatic heterocycles. The second kappa shape index (κ2) is 19.2. The first-order valence-corrected chi connectivity index (χ1v) is 14.5. The average molecular weight is 603 g/mol. The molecule has 0 spiro atoms. The van der Waals surface area contributed by atoms with Gasteiger partial charge >= 0.3 is 0 Å². The van der Waals surface area contributed by atoms with E-state index in [-0.39, 0.29) is 17.2 Å². The molecule has 0 unspecified atom stereocenters. The number of hydrogen-bond donors (Lipinski definition) is 0. The molecule has 44 heavy (non-hydrogen) atoms. The SMILES string of the molecule is Cc1cc(F)c(C)c(F)c1.Cc1ccc(C)c(F)c1.Cc1ccc(C)c(F)c1.Cc1ccc(C)cc1.Cc1ccc(C)cc1. The lowest BCUT2D eigenvalue weighted by Crippen LogP contribution is -1.88. The van der Waals surface area contributed by atoms with E-state index in [9.17, 15) is 17.6 Å². The highest BCUT2D eigenvalue weighted by Gasteiger charge is 2.03. The van der Waals surface area contributed by atoms with Crippen LogP contribution in [0.5, 0.6) is 0 Å². The van der Waals surface area contributed by atoms with Gasteiger partial charge in [-0.1, -0.05) is 95.1 Å². The van der Waals surface area contributed by atoms with E-state index >= 15 is 0 Å². The first-order valence-electron chi connectivity index (χ1n) is 14.5. The average Bonchev–Trinajstić information content (AvgIpc) is 2.96. The smallest absolute Gasteiger partial charge is 0.129 e. The van der Waals surface area contributed by atoms with Crippen LogP contribution < -0.4 is 0 Å². The van der Waals surface area contributed by atoms with Crippen LogP contribution in [0.4, 0.5) is 17.6 Å². The molecule has 0 aliphatic rings. The highest BCUT2D eigenvalue weighted by Crippen LogP contribution is 2.13. The van der Waals surface area contributed by atoms with Gasteiger partial charge in [-0.2, -0.15) is 0 Å². The zero-order valence-corrected chi connectivity index (χ0v) is 27.7. The molecule has 5 aromatic rings. The summed E-state index contributed by atoms with van der Waals surface area (Å²) in [5, 5.41) is 0. The Morgan fingerprint density at radius 1 is 0.273 bits per heavy atom. The maximum absolute atomic E-state index is 12.6. The molecule has 0 heterocycles. The normalized spacial score (nSPS) is 9.59. The number of hydrogen-bond acceptors (Lipinski definition) is 0. The molecule has 0 bridgehead atoms. The molecule has 5 rings (SSSR count). The molecule has 0 nitrogen and oxygen atoms in total. The molecule has 0 atom stereocenters. The van der Waals surface area contributed by atoms with Crippen LogP contribution in [0.2, 0.25) is 0 Å². The van der Waals surface area contributed by atoms with Crippen LogP contribution in [0.25, 0.3) is 0 Å². The van der Waals surface area contributed by atoms with Crippen molar-refractivity contribution < 1.29 is 17.6 Å². The monoisotopic (exact) mass is 602 g/mol. The molecular weight excluding hydrogens is 556 g/mol. The van der Waals surface area contributed by atoms with Gasteiger partial charge in [-0.3, -0.25) is 0 Å². The highest BCUT2D eigenvalue weighted by atomic mass is 19.1. The summed E-state index contributed by atoms with van der Waals surface area (Å²) in [5.74, 6) is -1.18. The van der Waals surface area contributed by atoms with E-state index in [1.54, 1.807) is 32.9 Å². The zero-order chi connectivity index (χ0) is 33.4. The molecule has 4 heteroatoms. The Kier molecular flexibility index (Phi) is 16.5. The maximum atomic E-state index is 12.6. The van der Waals surface area contributed by atoms with E-state index in [1.165, 1.54) is 53.4 Å². The van der Waals surface area contributed by atoms with Crippen LogP contribution in [0, 0.1) is 92.5 Å². The maximum Gasteiger partial charge on any atom is 0.129 e. The van der Waals surface area contributed by atoms with Crippen LogP contribution in [0.3, 0.4) is 0 Å². The standard InChI is InChI=1S/C8H8F2.2C8H9F.2C8H10/c1-5-3-7(9)6(2)8(10)4-5;2*1-6-3-4-7(2)8(9)5-6;2*1-7-3-5-8(2)6-4-7/h3-4H,1-2H3;2*3-5H,1-2H3;2*3-6H,1-2H3. The van der Waals surface area contributed by atoms with Gasteiger partial charge in [0.2, 0.25) is 0 Å². The molecule has 0 amide bonds. The summed E-state index contributed by atoms with van der Waals surface area (Å²) in [6.07, 6.45) is 0. The fourth-order valence-electron chi connectivity index (χ4n) is 3.44. The van der Waals surface area contributed by atoms with Crippen molar-refractivity contribution in [2.75, 3.05) is 0 Å². The van der Waals surface area contributed by atoms with Crippen LogP contribution in [-0.4, -0.2) is 0 Å². The molecule has 0 saturated heterocycles. The van der Waals surface area contributed by atoms with Crippen molar-refractivity contribution in [1.82, 2.24) is 0 Å². The van der Waals surface area contributed by atoms with E-state index in [4.69, 9.17) is 0 Å².